The van der Waals surface area contributed by atoms with Gasteiger partial charge in [-0.3, -0.25) is 0 Å². The van der Waals surface area contributed by atoms with Crippen LogP contribution >= 0.6 is 23.2 Å². The van der Waals surface area contributed by atoms with Crippen LogP contribution in [0.3, 0.4) is 0 Å². The number of hydrogen-bond acceptors (Lipinski definition) is 3. The zero-order valence-electron chi connectivity index (χ0n) is 8.93. The van der Waals surface area contributed by atoms with Crippen molar-refractivity contribution in [3.05, 3.63) is 52.3 Å². The molecule has 6 heteroatoms. The Morgan fingerprint density at radius 3 is 2.72 bits per heavy atom. The number of carboxylic acids is 1. The van der Waals surface area contributed by atoms with Crippen molar-refractivity contribution >= 4 is 29.2 Å². The fourth-order valence-corrected chi connectivity index (χ4v) is 1.59. The van der Waals surface area contributed by atoms with Gasteiger partial charge in [-0.25, -0.2) is 9.78 Å². The van der Waals surface area contributed by atoms with Gasteiger partial charge in [-0.1, -0.05) is 23.2 Å². The van der Waals surface area contributed by atoms with E-state index in [-0.39, 0.29) is 5.69 Å². The van der Waals surface area contributed by atoms with Crippen molar-refractivity contribution in [2.45, 2.75) is 0 Å². The molecule has 18 heavy (non-hydrogen) atoms. The highest BCUT2D eigenvalue weighted by molar-refractivity contribution is 6.34. The van der Waals surface area contributed by atoms with Gasteiger partial charge < -0.3 is 9.84 Å². The molecular formula is C12H7Cl2NO3. The average molecular weight is 284 g/mol. The number of carboxylic acid groups (broad SMARTS) is 1. The van der Waals surface area contributed by atoms with Crippen LogP contribution in [0, 0.1) is 0 Å². The number of rotatable bonds is 3. The number of nitrogens with zero attached hydrogens (tertiary/aromatic N) is 1. The molecule has 1 aromatic heterocycles. The molecule has 2 aromatic rings. The number of hydrogen-bond donors (Lipinski definition) is 1. The Labute approximate surface area is 113 Å². The molecule has 1 N–H and O–H groups in total. The fourth-order valence-electron chi connectivity index (χ4n) is 1.27. The Morgan fingerprint density at radius 2 is 2.00 bits per heavy atom. The van der Waals surface area contributed by atoms with Crippen LogP contribution in [0.15, 0.2) is 36.5 Å². The van der Waals surface area contributed by atoms with E-state index >= 15 is 0 Å². The van der Waals surface area contributed by atoms with Crippen molar-refractivity contribution < 1.29 is 14.6 Å². The summed E-state index contributed by atoms with van der Waals surface area (Å²) in [7, 11) is 0. The second kappa shape index (κ2) is 5.25. The summed E-state index contributed by atoms with van der Waals surface area (Å²) in [5.41, 5.74) is -0.106. The average Bonchev–Trinajstić information content (AvgIpc) is 2.34. The van der Waals surface area contributed by atoms with Crippen LogP contribution in [0.5, 0.6) is 11.5 Å². The van der Waals surface area contributed by atoms with Gasteiger partial charge in [0.1, 0.15) is 11.5 Å². The van der Waals surface area contributed by atoms with Crippen LogP contribution in [0.25, 0.3) is 0 Å². The van der Waals surface area contributed by atoms with Gasteiger partial charge in [0.2, 0.25) is 0 Å². The molecule has 0 amide bonds. The van der Waals surface area contributed by atoms with Gasteiger partial charge in [0.05, 0.1) is 5.02 Å². The molecule has 1 aromatic carbocycles. The maximum atomic E-state index is 10.8. The van der Waals surface area contributed by atoms with Crippen LogP contribution in [-0.4, -0.2) is 16.1 Å². The summed E-state index contributed by atoms with van der Waals surface area (Å²) in [5, 5.41) is 9.67. The fraction of sp³-hybridized carbons (Fsp3) is 0. The van der Waals surface area contributed by atoms with Crippen LogP contribution in [0.2, 0.25) is 10.0 Å². The second-order valence-electron chi connectivity index (χ2n) is 3.36. The first kappa shape index (κ1) is 12.7. The number of benzene rings is 1. The van der Waals surface area contributed by atoms with E-state index in [1.807, 2.05) is 0 Å². The van der Waals surface area contributed by atoms with Gasteiger partial charge in [0, 0.05) is 23.4 Å². The Kier molecular flexibility index (Phi) is 3.69. The first-order valence-electron chi connectivity index (χ1n) is 4.88. The molecule has 0 radical (unpaired) electrons. The molecule has 0 saturated heterocycles. The van der Waals surface area contributed by atoms with Crippen molar-refractivity contribution in [3.8, 4) is 11.5 Å². The first-order chi connectivity index (χ1) is 8.56. The van der Waals surface area contributed by atoms with Crippen molar-refractivity contribution in [2.24, 2.45) is 0 Å². The number of pyridine rings is 1. The highest BCUT2D eigenvalue weighted by Crippen LogP contribution is 2.31. The number of carbonyl (C=O) groups is 1. The first-order valence-corrected chi connectivity index (χ1v) is 5.64. The Hall–Kier alpha value is -1.78. The minimum Gasteiger partial charge on any atom is -0.477 e. The van der Waals surface area contributed by atoms with E-state index in [1.54, 1.807) is 18.2 Å². The summed E-state index contributed by atoms with van der Waals surface area (Å²) >= 11 is 11.8. The van der Waals surface area contributed by atoms with Gasteiger partial charge in [-0.05, 0) is 18.2 Å². The topological polar surface area (TPSA) is 59.4 Å². The molecule has 4 nitrogen and oxygen atoms in total. The smallest absolute Gasteiger partial charge is 0.354 e. The molecule has 0 unspecified atom stereocenters. The maximum Gasteiger partial charge on any atom is 0.354 e. The summed E-state index contributed by atoms with van der Waals surface area (Å²) in [6.45, 7) is 0. The molecule has 0 atom stereocenters. The molecular weight excluding hydrogens is 277 g/mol. The molecule has 92 valence electrons. The summed E-state index contributed by atoms with van der Waals surface area (Å²) in [6, 6.07) is 7.61. The number of aromatic nitrogens is 1. The quantitative estimate of drug-likeness (QED) is 0.929. The SMILES string of the molecule is O=C(O)c1cc(Oc2cc(Cl)ccc2Cl)ccn1. The van der Waals surface area contributed by atoms with Gasteiger partial charge in [0.15, 0.2) is 5.69 Å². The third kappa shape index (κ3) is 2.91. The second-order valence-corrected chi connectivity index (χ2v) is 4.20. The zero-order chi connectivity index (χ0) is 13.1. The molecule has 2 rings (SSSR count). The third-order valence-electron chi connectivity index (χ3n) is 2.07. The maximum absolute atomic E-state index is 10.8. The lowest BCUT2D eigenvalue weighted by Gasteiger charge is -2.08. The Morgan fingerprint density at radius 1 is 1.22 bits per heavy atom. The van der Waals surface area contributed by atoms with E-state index in [4.69, 9.17) is 33.0 Å². The normalized spacial score (nSPS) is 10.1. The highest BCUT2D eigenvalue weighted by atomic mass is 35.5. The highest BCUT2D eigenvalue weighted by Gasteiger charge is 2.08. The van der Waals surface area contributed by atoms with Crippen molar-refractivity contribution in [1.82, 2.24) is 4.98 Å². The predicted molar refractivity (Wildman–Crippen MR) is 67.7 cm³/mol. The summed E-state index contributed by atoms with van der Waals surface area (Å²) < 4.78 is 5.46. The van der Waals surface area contributed by atoms with Crippen molar-refractivity contribution in [2.75, 3.05) is 0 Å². The lowest BCUT2D eigenvalue weighted by molar-refractivity contribution is 0.0690. The van der Waals surface area contributed by atoms with E-state index in [0.717, 1.165) is 0 Å². The Balaban J connectivity index is 2.31. The van der Waals surface area contributed by atoms with Gasteiger partial charge in [-0.15, -0.1) is 0 Å². The van der Waals surface area contributed by atoms with Crippen LogP contribution in [-0.2, 0) is 0 Å². The number of halogens is 2. The van der Waals surface area contributed by atoms with Crippen molar-refractivity contribution in [3.63, 3.8) is 0 Å². The van der Waals surface area contributed by atoms with E-state index in [1.165, 1.54) is 18.3 Å². The van der Waals surface area contributed by atoms with Crippen LogP contribution in [0.4, 0.5) is 0 Å². The monoisotopic (exact) mass is 283 g/mol. The molecule has 1 heterocycles. The lowest BCUT2D eigenvalue weighted by atomic mass is 10.3. The lowest BCUT2D eigenvalue weighted by Crippen LogP contribution is -1.99. The summed E-state index contributed by atoms with van der Waals surface area (Å²) in [4.78, 5) is 14.4. The largest absolute Gasteiger partial charge is 0.477 e. The molecule has 0 spiro atoms. The minimum atomic E-state index is -1.13. The molecule has 0 fully saturated rings. The number of aromatic carboxylic acids is 1. The van der Waals surface area contributed by atoms with E-state index in [2.05, 4.69) is 4.98 Å². The zero-order valence-corrected chi connectivity index (χ0v) is 10.4. The third-order valence-corrected chi connectivity index (χ3v) is 2.62. The standard InChI is InChI=1S/C12H7Cl2NO3/c13-7-1-2-9(14)11(5-7)18-8-3-4-15-10(6-8)12(16)17/h1-6H,(H,16,17). The van der Waals surface area contributed by atoms with E-state index < -0.39 is 5.97 Å². The van der Waals surface area contributed by atoms with Gasteiger partial charge in [0.25, 0.3) is 0 Å². The molecule has 0 aliphatic rings. The number of ether oxygens (including phenoxy) is 1. The predicted octanol–water partition coefficient (Wildman–Crippen LogP) is 3.88. The molecule has 0 aliphatic heterocycles. The van der Waals surface area contributed by atoms with Gasteiger partial charge >= 0.3 is 5.97 Å². The van der Waals surface area contributed by atoms with E-state index in [9.17, 15) is 4.79 Å². The van der Waals surface area contributed by atoms with E-state index in [0.29, 0.717) is 21.5 Å². The van der Waals surface area contributed by atoms with Crippen LogP contribution < -0.4 is 4.74 Å². The van der Waals surface area contributed by atoms with Crippen molar-refractivity contribution in [1.29, 1.82) is 0 Å². The van der Waals surface area contributed by atoms with Gasteiger partial charge in [-0.2, -0.15) is 0 Å². The summed E-state index contributed by atoms with van der Waals surface area (Å²) in [5.74, 6) is -0.448. The molecule has 0 saturated carbocycles. The molecule has 0 bridgehead atoms. The minimum absolute atomic E-state index is 0.106. The summed E-state index contributed by atoms with van der Waals surface area (Å²) in [6.07, 6.45) is 1.34. The van der Waals surface area contributed by atoms with Crippen LogP contribution in [0.1, 0.15) is 10.5 Å². The Bertz CT molecular complexity index is 602. The molecule has 0 aliphatic carbocycles.